The maximum absolute atomic E-state index is 13.9. The monoisotopic (exact) mass is 290 g/mol. The van der Waals surface area contributed by atoms with Gasteiger partial charge in [-0.1, -0.05) is 13.8 Å². The maximum atomic E-state index is 13.9. The Balaban J connectivity index is 3.80. The van der Waals surface area contributed by atoms with Crippen LogP contribution in [0.1, 0.15) is 36.5 Å². The fraction of sp³-hybridized carbons (Fsp3) is 0.385. The summed E-state index contributed by atoms with van der Waals surface area (Å²) < 4.78 is 41.0. The second-order valence-electron chi connectivity index (χ2n) is 4.13. The molecule has 4 nitrogen and oxygen atoms in total. The first-order chi connectivity index (χ1) is 9.27. The fourth-order valence-corrected chi connectivity index (χ4v) is 2.20. The van der Waals surface area contributed by atoms with Gasteiger partial charge in [0.1, 0.15) is 0 Å². The molecule has 110 valence electrons. The van der Waals surface area contributed by atoms with Gasteiger partial charge in [-0.15, -0.1) is 0 Å². The standard InChI is InChI=1S/C13H13F3O4/c1-3-5-6(4-2)9(14)11(16)10(15)7(5)8(12(17)18)13(19)20/h8H,3-4H2,1-2H3,(H,17,18)(H,19,20). The molecular formula is C13H13F3O4. The molecule has 0 bridgehead atoms. The molecule has 0 fully saturated rings. The molecular weight excluding hydrogens is 277 g/mol. The summed E-state index contributed by atoms with van der Waals surface area (Å²) in [6, 6.07) is 0. The Morgan fingerprint density at radius 1 is 0.900 bits per heavy atom. The summed E-state index contributed by atoms with van der Waals surface area (Å²) in [5.41, 5.74) is -1.13. The SMILES string of the molecule is CCc1c(F)c(F)c(F)c(C(C(=O)O)C(=O)O)c1CC. The van der Waals surface area contributed by atoms with Gasteiger partial charge in [-0.2, -0.15) is 0 Å². The summed E-state index contributed by atoms with van der Waals surface area (Å²) in [7, 11) is 0. The van der Waals surface area contributed by atoms with Crippen LogP contribution in [0.4, 0.5) is 13.2 Å². The second-order valence-corrected chi connectivity index (χ2v) is 4.13. The number of halogens is 3. The van der Waals surface area contributed by atoms with Crippen LogP contribution in [0.3, 0.4) is 0 Å². The van der Waals surface area contributed by atoms with Crippen LogP contribution in [0, 0.1) is 17.5 Å². The normalized spacial score (nSPS) is 10.9. The van der Waals surface area contributed by atoms with Gasteiger partial charge in [0.05, 0.1) is 0 Å². The third-order valence-electron chi connectivity index (χ3n) is 3.07. The van der Waals surface area contributed by atoms with Crippen molar-refractivity contribution in [1.29, 1.82) is 0 Å². The Bertz CT molecular complexity index is 555. The first kappa shape index (κ1) is 16.0. The van der Waals surface area contributed by atoms with Crippen molar-refractivity contribution in [3.05, 3.63) is 34.1 Å². The van der Waals surface area contributed by atoms with Crippen LogP contribution in [-0.4, -0.2) is 22.2 Å². The van der Waals surface area contributed by atoms with Gasteiger partial charge in [0.2, 0.25) is 0 Å². The summed E-state index contributed by atoms with van der Waals surface area (Å²) in [6.07, 6.45) is -0.0190. The summed E-state index contributed by atoms with van der Waals surface area (Å²) >= 11 is 0. The third kappa shape index (κ3) is 2.48. The third-order valence-corrected chi connectivity index (χ3v) is 3.07. The van der Waals surface area contributed by atoms with E-state index in [1.807, 2.05) is 0 Å². The molecule has 0 unspecified atom stereocenters. The van der Waals surface area contributed by atoms with Gasteiger partial charge in [-0.05, 0) is 24.0 Å². The molecule has 1 rings (SSSR count). The van der Waals surface area contributed by atoms with Crippen molar-refractivity contribution in [2.75, 3.05) is 0 Å². The Hall–Kier alpha value is -2.05. The summed E-state index contributed by atoms with van der Waals surface area (Å²) in [6.45, 7) is 2.96. The van der Waals surface area contributed by atoms with Crippen molar-refractivity contribution in [3.8, 4) is 0 Å². The van der Waals surface area contributed by atoms with Crippen molar-refractivity contribution >= 4 is 11.9 Å². The molecule has 0 atom stereocenters. The van der Waals surface area contributed by atoms with Crippen LogP contribution >= 0.6 is 0 Å². The molecule has 1 aromatic carbocycles. The van der Waals surface area contributed by atoms with Crippen molar-refractivity contribution in [3.63, 3.8) is 0 Å². The predicted molar refractivity (Wildman–Crippen MR) is 63.1 cm³/mol. The van der Waals surface area contributed by atoms with Crippen LogP contribution in [0.2, 0.25) is 0 Å². The lowest BCUT2D eigenvalue weighted by atomic mass is 9.87. The minimum absolute atomic E-state index is 0.00877. The summed E-state index contributed by atoms with van der Waals surface area (Å²) in [5, 5.41) is 17.8. The lowest BCUT2D eigenvalue weighted by Gasteiger charge is -2.18. The molecule has 0 spiro atoms. The number of rotatable bonds is 5. The zero-order chi connectivity index (χ0) is 15.6. The Morgan fingerprint density at radius 3 is 1.70 bits per heavy atom. The average Bonchev–Trinajstić information content (AvgIpc) is 2.37. The van der Waals surface area contributed by atoms with Crippen molar-refractivity contribution in [1.82, 2.24) is 0 Å². The smallest absolute Gasteiger partial charge is 0.322 e. The molecule has 20 heavy (non-hydrogen) atoms. The Labute approximate surface area is 112 Å². The average molecular weight is 290 g/mol. The molecule has 0 saturated carbocycles. The van der Waals surface area contributed by atoms with E-state index >= 15 is 0 Å². The second kappa shape index (κ2) is 5.94. The maximum Gasteiger partial charge on any atom is 0.322 e. The zero-order valence-electron chi connectivity index (χ0n) is 10.8. The van der Waals surface area contributed by atoms with Crippen LogP contribution in [0.15, 0.2) is 0 Å². The molecule has 0 aliphatic heterocycles. The van der Waals surface area contributed by atoms with Crippen LogP contribution < -0.4 is 0 Å². The molecule has 0 heterocycles. The van der Waals surface area contributed by atoms with Crippen molar-refractivity contribution < 1.29 is 33.0 Å². The van der Waals surface area contributed by atoms with Gasteiger partial charge >= 0.3 is 11.9 Å². The molecule has 0 aliphatic carbocycles. The number of carboxylic acids is 2. The Morgan fingerprint density at radius 2 is 1.35 bits per heavy atom. The molecule has 7 heteroatoms. The Kier molecular flexibility index (Phi) is 4.75. The quantitative estimate of drug-likeness (QED) is 0.645. The van der Waals surface area contributed by atoms with E-state index in [9.17, 15) is 22.8 Å². The minimum atomic E-state index is -2.27. The molecule has 0 radical (unpaired) electrons. The van der Waals surface area contributed by atoms with Gasteiger partial charge in [0, 0.05) is 5.56 Å². The lowest BCUT2D eigenvalue weighted by Crippen LogP contribution is -2.25. The predicted octanol–water partition coefficient (Wildman–Crippen LogP) is 2.48. The van der Waals surface area contributed by atoms with E-state index in [-0.39, 0.29) is 24.0 Å². The highest BCUT2D eigenvalue weighted by atomic mass is 19.2. The molecule has 0 aliphatic rings. The van der Waals surface area contributed by atoms with Crippen molar-refractivity contribution in [2.45, 2.75) is 32.6 Å². The number of hydrogen-bond acceptors (Lipinski definition) is 2. The van der Waals surface area contributed by atoms with Crippen LogP contribution in [-0.2, 0) is 22.4 Å². The first-order valence-electron chi connectivity index (χ1n) is 5.91. The van der Waals surface area contributed by atoms with Gasteiger partial charge in [0.25, 0.3) is 0 Å². The van der Waals surface area contributed by atoms with Gasteiger partial charge < -0.3 is 10.2 Å². The van der Waals surface area contributed by atoms with Crippen molar-refractivity contribution in [2.24, 2.45) is 0 Å². The van der Waals surface area contributed by atoms with Gasteiger partial charge in [-0.25, -0.2) is 13.2 Å². The van der Waals surface area contributed by atoms with Crippen LogP contribution in [0.5, 0.6) is 0 Å². The van der Waals surface area contributed by atoms with E-state index in [0.29, 0.717) is 0 Å². The van der Waals surface area contributed by atoms with E-state index in [4.69, 9.17) is 10.2 Å². The van der Waals surface area contributed by atoms with Gasteiger partial charge in [0.15, 0.2) is 23.4 Å². The van der Waals surface area contributed by atoms with E-state index in [1.165, 1.54) is 13.8 Å². The lowest BCUT2D eigenvalue weighted by molar-refractivity contribution is -0.150. The highest BCUT2D eigenvalue weighted by Crippen LogP contribution is 2.32. The number of benzene rings is 1. The molecule has 0 aromatic heterocycles. The topological polar surface area (TPSA) is 74.6 Å². The first-order valence-corrected chi connectivity index (χ1v) is 5.91. The van der Waals surface area contributed by atoms with E-state index in [2.05, 4.69) is 0 Å². The largest absolute Gasteiger partial charge is 0.480 e. The fourth-order valence-electron chi connectivity index (χ4n) is 2.20. The highest BCUT2D eigenvalue weighted by molar-refractivity contribution is 5.99. The van der Waals surface area contributed by atoms with Gasteiger partial charge in [-0.3, -0.25) is 9.59 Å². The van der Waals surface area contributed by atoms with Crippen LogP contribution in [0.25, 0.3) is 0 Å². The number of aliphatic carboxylic acids is 2. The molecule has 2 N–H and O–H groups in total. The summed E-state index contributed by atoms with van der Waals surface area (Å²) in [5.74, 6) is -10.9. The van der Waals surface area contributed by atoms with E-state index in [0.717, 1.165) is 0 Å². The molecule has 1 aromatic rings. The number of carbonyl (C=O) groups is 2. The van der Waals surface area contributed by atoms with E-state index in [1.54, 1.807) is 0 Å². The van der Waals surface area contributed by atoms with E-state index < -0.39 is 40.9 Å². The minimum Gasteiger partial charge on any atom is -0.480 e. The highest BCUT2D eigenvalue weighted by Gasteiger charge is 2.36. The summed E-state index contributed by atoms with van der Waals surface area (Å²) in [4.78, 5) is 22.0. The number of carboxylic acid groups (broad SMARTS) is 2. The number of hydrogen-bond donors (Lipinski definition) is 2. The molecule has 0 amide bonds. The molecule has 0 saturated heterocycles. The zero-order valence-corrected chi connectivity index (χ0v) is 10.8.